The number of thioether (sulfide) groups is 1. The lowest BCUT2D eigenvalue weighted by atomic mass is 10.0. The summed E-state index contributed by atoms with van der Waals surface area (Å²) >= 11 is 7.93. The topological polar surface area (TPSA) is 65.1 Å². The van der Waals surface area contributed by atoms with Crippen molar-refractivity contribution in [3.8, 4) is 11.1 Å². The molecule has 6 nitrogen and oxygen atoms in total. The fraction of sp³-hybridized carbons (Fsp3) is 0.0769. The summed E-state index contributed by atoms with van der Waals surface area (Å²) in [6.07, 6.45) is 0. The van der Waals surface area contributed by atoms with Gasteiger partial charge in [0.25, 0.3) is 5.56 Å². The quantitative estimate of drug-likeness (QED) is 0.347. The SMILES string of the molecule is O=c1cc(-c2ccccc2)c2cc(Cl)ccc2n1Cc1nnc2n1N=C(c1ccccc1)CS2. The van der Waals surface area contributed by atoms with Crippen LogP contribution in [-0.4, -0.2) is 30.9 Å². The van der Waals surface area contributed by atoms with E-state index in [4.69, 9.17) is 16.7 Å². The third-order valence-electron chi connectivity index (χ3n) is 5.80. The molecule has 0 N–H and O–H groups in total. The van der Waals surface area contributed by atoms with E-state index in [1.165, 1.54) is 0 Å². The highest BCUT2D eigenvalue weighted by Gasteiger charge is 2.21. The Bertz CT molecular complexity index is 1610. The molecule has 3 aromatic carbocycles. The molecule has 8 heteroatoms. The van der Waals surface area contributed by atoms with Crippen LogP contribution in [0.5, 0.6) is 0 Å². The first-order valence-electron chi connectivity index (χ1n) is 10.8. The third kappa shape index (κ3) is 3.73. The first-order valence-corrected chi connectivity index (χ1v) is 12.1. The number of hydrogen-bond acceptors (Lipinski definition) is 5. The molecule has 3 heterocycles. The molecule has 166 valence electrons. The van der Waals surface area contributed by atoms with Gasteiger partial charge in [-0.15, -0.1) is 10.2 Å². The van der Waals surface area contributed by atoms with Crippen LogP contribution in [0.2, 0.25) is 5.02 Å². The minimum absolute atomic E-state index is 0.123. The lowest BCUT2D eigenvalue weighted by Gasteiger charge is -2.16. The van der Waals surface area contributed by atoms with E-state index in [9.17, 15) is 4.79 Å². The van der Waals surface area contributed by atoms with E-state index in [1.807, 2.05) is 72.8 Å². The molecule has 0 saturated carbocycles. The van der Waals surface area contributed by atoms with Crippen LogP contribution in [0.25, 0.3) is 22.0 Å². The predicted molar refractivity (Wildman–Crippen MR) is 137 cm³/mol. The van der Waals surface area contributed by atoms with Gasteiger partial charge in [0.05, 0.1) is 17.8 Å². The zero-order chi connectivity index (χ0) is 23.1. The van der Waals surface area contributed by atoms with Gasteiger partial charge in [-0.25, -0.2) is 0 Å². The number of halogens is 1. The van der Waals surface area contributed by atoms with Crippen molar-refractivity contribution in [1.82, 2.24) is 19.4 Å². The summed E-state index contributed by atoms with van der Waals surface area (Å²) in [5, 5.41) is 15.7. The highest BCUT2D eigenvalue weighted by molar-refractivity contribution is 7.99. The van der Waals surface area contributed by atoms with Gasteiger partial charge in [0, 0.05) is 22.2 Å². The zero-order valence-electron chi connectivity index (χ0n) is 17.9. The van der Waals surface area contributed by atoms with Crippen LogP contribution < -0.4 is 5.56 Å². The molecule has 5 aromatic rings. The van der Waals surface area contributed by atoms with Gasteiger partial charge in [-0.2, -0.15) is 9.78 Å². The molecule has 0 amide bonds. The second-order valence-corrected chi connectivity index (χ2v) is 9.30. The highest BCUT2D eigenvalue weighted by Crippen LogP contribution is 2.30. The first-order chi connectivity index (χ1) is 16.7. The molecule has 0 radical (unpaired) electrons. The minimum atomic E-state index is -0.123. The van der Waals surface area contributed by atoms with Crippen LogP contribution >= 0.6 is 23.4 Å². The van der Waals surface area contributed by atoms with Crippen molar-refractivity contribution in [2.45, 2.75) is 11.7 Å². The third-order valence-corrected chi connectivity index (χ3v) is 6.97. The van der Waals surface area contributed by atoms with Gasteiger partial charge >= 0.3 is 0 Å². The molecular weight excluding hydrogens is 466 g/mol. The monoisotopic (exact) mass is 483 g/mol. The molecule has 0 aliphatic carbocycles. The fourth-order valence-corrected chi connectivity index (χ4v) is 5.19. The molecule has 0 unspecified atom stereocenters. The Balaban J connectivity index is 1.47. The fourth-order valence-electron chi connectivity index (χ4n) is 4.16. The second kappa shape index (κ2) is 8.59. The molecule has 0 bridgehead atoms. The Morgan fingerprint density at radius 3 is 2.38 bits per heavy atom. The summed E-state index contributed by atoms with van der Waals surface area (Å²) < 4.78 is 3.45. The van der Waals surface area contributed by atoms with E-state index in [-0.39, 0.29) is 12.1 Å². The van der Waals surface area contributed by atoms with Gasteiger partial charge < -0.3 is 4.57 Å². The smallest absolute Gasteiger partial charge is 0.252 e. The Morgan fingerprint density at radius 1 is 0.882 bits per heavy atom. The molecule has 1 aliphatic rings. The van der Waals surface area contributed by atoms with E-state index in [2.05, 4.69) is 10.2 Å². The summed E-state index contributed by atoms with van der Waals surface area (Å²) in [7, 11) is 0. The van der Waals surface area contributed by atoms with Crippen LogP contribution in [0.15, 0.2) is 100.0 Å². The lowest BCUT2D eigenvalue weighted by Crippen LogP contribution is -2.23. The van der Waals surface area contributed by atoms with E-state index in [0.29, 0.717) is 10.8 Å². The summed E-state index contributed by atoms with van der Waals surface area (Å²) in [4.78, 5) is 13.3. The van der Waals surface area contributed by atoms with Crippen LogP contribution in [0.4, 0.5) is 0 Å². The molecular formula is C26H18ClN5OS. The lowest BCUT2D eigenvalue weighted by molar-refractivity contribution is 0.660. The Labute approximate surface area is 204 Å². The van der Waals surface area contributed by atoms with E-state index in [0.717, 1.165) is 44.2 Å². The second-order valence-electron chi connectivity index (χ2n) is 7.92. The number of pyridine rings is 1. The van der Waals surface area contributed by atoms with Crippen molar-refractivity contribution in [1.29, 1.82) is 0 Å². The van der Waals surface area contributed by atoms with E-state index < -0.39 is 0 Å². The number of hydrogen-bond donors (Lipinski definition) is 0. The normalized spacial score (nSPS) is 13.0. The maximum absolute atomic E-state index is 13.3. The van der Waals surface area contributed by atoms with Crippen molar-refractivity contribution in [2.24, 2.45) is 5.10 Å². The minimum Gasteiger partial charge on any atom is -0.301 e. The molecule has 6 rings (SSSR count). The molecule has 1 aliphatic heterocycles. The van der Waals surface area contributed by atoms with Gasteiger partial charge in [-0.05, 0) is 34.9 Å². The van der Waals surface area contributed by atoms with Gasteiger partial charge in [-0.3, -0.25) is 4.79 Å². The highest BCUT2D eigenvalue weighted by atomic mass is 35.5. The maximum atomic E-state index is 13.3. The maximum Gasteiger partial charge on any atom is 0.252 e. The Kier molecular flexibility index (Phi) is 5.28. The van der Waals surface area contributed by atoms with Crippen molar-refractivity contribution in [2.75, 3.05) is 5.75 Å². The first kappa shape index (κ1) is 20.9. The number of aromatic nitrogens is 4. The largest absolute Gasteiger partial charge is 0.301 e. The summed E-state index contributed by atoms with van der Waals surface area (Å²) in [6, 6.07) is 27.2. The Morgan fingerprint density at radius 2 is 1.62 bits per heavy atom. The van der Waals surface area contributed by atoms with E-state index >= 15 is 0 Å². The van der Waals surface area contributed by atoms with Gasteiger partial charge in [0.15, 0.2) is 5.82 Å². The molecule has 0 fully saturated rings. The number of fused-ring (bicyclic) bond motifs is 2. The number of rotatable bonds is 4. The molecule has 0 spiro atoms. The molecule has 2 aromatic heterocycles. The predicted octanol–water partition coefficient (Wildman–Crippen LogP) is 5.32. The van der Waals surface area contributed by atoms with Crippen LogP contribution in [0.3, 0.4) is 0 Å². The molecule has 0 atom stereocenters. The van der Waals surface area contributed by atoms with E-state index in [1.54, 1.807) is 33.1 Å². The van der Waals surface area contributed by atoms with Crippen molar-refractivity contribution in [3.63, 3.8) is 0 Å². The van der Waals surface area contributed by atoms with Gasteiger partial charge in [0.1, 0.15) is 0 Å². The summed E-state index contributed by atoms with van der Waals surface area (Å²) in [5.74, 6) is 1.32. The Hall–Kier alpha value is -3.68. The average Bonchev–Trinajstić information content (AvgIpc) is 3.28. The standard InChI is InChI=1S/C26H18ClN5OS/c27-19-11-12-23-21(13-19)20(17-7-3-1-4-8-17)14-25(33)31(23)15-24-28-29-26-32(24)30-22(16-34-26)18-9-5-2-6-10-18/h1-14H,15-16H2. The summed E-state index contributed by atoms with van der Waals surface area (Å²) in [5.41, 5.74) is 4.48. The van der Waals surface area contributed by atoms with Crippen LogP contribution in [0.1, 0.15) is 11.4 Å². The van der Waals surface area contributed by atoms with Crippen LogP contribution in [-0.2, 0) is 6.54 Å². The number of benzene rings is 3. The molecule has 34 heavy (non-hydrogen) atoms. The molecule has 0 saturated heterocycles. The van der Waals surface area contributed by atoms with Gasteiger partial charge in [-0.1, -0.05) is 84.0 Å². The van der Waals surface area contributed by atoms with Crippen molar-refractivity contribution in [3.05, 3.63) is 112 Å². The average molecular weight is 484 g/mol. The van der Waals surface area contributed by atoms with Crippen molar-refractivity contribution < 1.29 is 0 Å². The summed E-state index contributed by atoms with van der Waals surface area (Å²) in [6.45, 7) is 0.241. The van der Waals surface area contributed by atoms with Crippen LogP contribution in [0, 0.1) is 0 Å². The van der Waals surface area contributed by atoms with Gasteiger partial charge in [0.2, 0.25) is 5.16 Å². The zero-order valence-corrected chi connectivity index (χ0v) is 19.5. The number of nitrogens with zero attached hydrogens (tertiary/aromatic N) is 5. The van der Waals surface area contributed by atoms with Crippen molar-refractivity contribution >= 4 is 40.0 Å².